The van der Waals surface area contributed by atoms with Crippen LogP contribution >= 0.6 is 0 Å². The first-order valence-electron chi connectivity index (χ1n) is 6.36. The molecule has 0 aliphatic rings. The maximum Gasteiger partial charge on any atom is 0.307 e. The molecule has 6 heteroatoms. The first-order valence-corrected chi connectivity index (χ1v) is 6.36. The molecular formula is C14H15N3O3. The molecule has 6 nitrogen and oxygen atoms in total. The van der Waals surface area contributed by atoms with Gasteiger partial charge in [0.05, 0.1) is 30.3 Å². The van der Waals surface area contributed by atoms with Gasteiger partial charge in [0.1, 0.15) is 5.69 Å². The molecule has 0 fully saturated rings. The van der Waals surface area contributed by atoms with E-state index in [2.05, 4.69) is 15.3 Å². The number of amides is 1. The monoisotopic (exact) mass is 273 g/mol. The number of carbonyl (C=O) groups is 2. The number of nitrogens with one attached hydrogen (secondary N) is 1. The highest BCUT2D eigenvalue weighted by atomic mass is 16.5. The van der Waals surface area contributed by atoms with Crippen LogP contribution in [-0.4, -0.2) is 35.0 Å². The molecule has 1 amide bonds. The number of rotatable bonds is 5. The molecule has 0 spiro atoms. The molecule has 20 heavy (non-hydrogen) atoms. The van der Waals surface area contributed by atoms with E-state index in [1.807, 2.05) is 18.2 Å². The smallest absolute Gasteiger partial charge is 0.307 e. The van der Waals surface area contributed by atoms with E-state index >= 15 is 0 Å². The summed E-state index contributed by atoms with van der Waals surface area (Å²) >= 11 is 0. The fourth-order valence-corrected chi connectivity index (χ4v) is 1.67. The third kappa shape index (κ3) is 3.50. The third-order valence-corrected chi connectivity index (χ3v) is 2.60. The summed E-state index contributed by atoms with van der Waals surface area (Å²) < 4.78 is 4.77. The predicted molar refractivity (Wildman–Crippen MR) is 73.1 cm³/mol. The summed E-state index contributed by atoms with van der Waals surface area (Å²) in [6, 6.07) is 7.30. The maximum absolute atomic E-state index is 11.9. The normalized spacial score (nSPS) is 10.2. The van der Waals surface area contributed by atoms with Gasteiger partial charge in [0.25, 0.3) is 5.91 Å². The van der Waals surface area contributed by atoms with E-state index in [9.17, 15) is 9.59 Å². The van der Waals surface area contributed by atoms with E-state index in [0.29, 0.717) is 12.1 Å². The molecule has 0 aliphatic heterocycles. The molecule has 104 valence electrons. The Hall–Kier alpha value is -2.50. The quantitative estimate of drug-likeness (QED) is 0.831. The van der Waals surface area contributed by atoms with Crippen molar-refractivity contribution in [2.75, 3.05) is 13.2 Å². The number of hydrogen-bond donors (Lipinski definition) is 1. The Morgan fingerprint density at radius 1 is 1.25 bits per heavy atom. The van der Waals surface area contributed by atoms with Crippen LogP contribution in [-0.2, 0) is 9.53 Å². The average molecular weight is 273 g/mol. The standard InChI is InChI=1S/C14H15N3O3/c1-2-20-13(18)7-8-15-14(19)12-9-16-10-5-3-4-6-11(10)17-12/h3-6,9H,2,7-8H2,1H3,(H,15,19). The van der Waals surface area contributed by atoms with Gasteiger partial charge in [-0.25, -0.2) is 4.98 Å². The Balaban J connectivity index is 1.95. The SMILES string of the molecule is CCOC(=O)CCNC(=O)c1cnc2ccccc2n1. The number of esters is 1. The molecule has 0 saturated heterocycles. The molecular weight excluding hydrogens is 258 g/mol. The number of aromatic nitrogens is 2. The van der Waals surface area contributed by atoms with E-state index in [4.69, 9.17) is 4.74 Å². The first kappa shape index (κ1) is 13.9. The number of ether oxygens (including phenoxy) is 1. The lowest BCUT2D eigenvalue weighted by atomic mass is 10.3. The highest BCUT2D eigenvalue weighted by Crippen LogP contribution is 2.08. The van der Waals surface area contributed by atoms with Gasteiger partial charge in [-0.1, -0.05) is 12.1 Å². The molecule has 1 heterocycles. The molecule has 2 rings (SSSR count). The van der Waals surface area contributed by atoms with Gasteiger partial charge >= 0.3 is 5.97 Å². The topological polar surface area (TPSA) is 81.2 Å². The number of para-hydroxylation sites is 2. The number of hydrogen-bond acceptors (Lipinski definition) is 5. The second kappa shape index (κ2) is 6.60. The van der Waals surface area contributed by atoms with E-state index in [-0.39, 0.29) is 30.5 Å². The Labute approximate surface area is 116 Å². The predicted octanol–water partition coefficient (Wildman–Crippen LogP) is 1.31. The van der Waals surface area contributed by atoms with E-state index in [1.54, 1.807) is 13.0 Å². The van der Waals surface area contributed by atoms with Crippen LogP contribution in [0.4, 0.5) is 0 Å². The van der Waals surface area contributed by atoms with E-state index in [1.165, 1.54) is 6.20 Å². The second-order valence-electron chi connectivity index (χ2n) is 4.05. The molecule has 1 N–H and O–H groups in total. The van der Waals surface area contributed by atoms with Crippen LogP contribution in [0.3, 0.4) is 0 Å². The zero-order valence-corrected chi connectivity index (χ0v) is 11.1. The Kier molecular flexibility index (Phi) is 4.60. The third-order valence-electron chi connectivity index (χ3n) is 2.60. The first-order chi connectivity index (χ1) is 9.70. The van der Waals surface area contributed by atoms with Crippen LogP contribution in [0.1, 0.15) is 23.8 Å². The highest BCUT2D eigenvalue weighted by molar-refractivity contribution is 5.93. The van der Waals surface area contributed by atoms with Gasteiger partial charge in [0, 0.05) is 6.54 Å². The summed E-state index contributed by atoms with van der Waals surface area (Å²) in [6.45, 7) is 2.29. The van der Waals surface area contributed by atoms with Gasteiger partial charge in [0.2, 0.25) is 0 Å². The molecule has 0 bridgehead atoms. The molecule has 0 atom stereocenters. The molecule has 0 saturated carbocycles. The summed E-state index contributed by atoms with van der Waals surface area (Å²) in [5.41, 5.74) is 1.62. The van der Waals surface area contributed by atoms with Crippen LogP contribution in [0.25, 0.3) is 11.0 Å². The molecule has 0 radical (unpaired) electrons. The minimum atomic E-state index is -0.354. The van der Waals surface area contributed by atoms with E-state index < -0.39 is 0 Å². The summed E-state index contributed by atoms with van der Waals surface area (Å²) in [4.78, 5) is 31.4. The van der Waals surface area contributed by atoms with Gasteiger partial charge in [-0.15, -0.1) is 0 Å². The number of nitrogens with zero attached hydrogens (tertiary/aromatic N) is 2. The summed E-state index contributed by atoms with van der Waals surface area (Å²) in [5, 5.41) is 2.61. The fraction of sp³-hybridized carbons (Fsp3) is 0.286. The lowest BCUT2D eigenvalue weighted by Gasteiger charge is -2.05. The van der Waals surface area contributed by atoms with Gasteiger partial charge in [0.15, 0.2) is 0 Å². The average Bonchev–Trinajstić information content (AvgIpc) is 2.47. The second-order valence-corrected chi connectivity index (χ2v) is 4.05. The van der Waals surface area contributed by atoms with Crippen molar-refractivity contribution in [3.63, 3.8) is 0 Å². The van der Waals surface area contributed by atoms with Crippen molar-refractivity contribution in [3.05, 3.63) is 36.2 Å². The van der Waals surface area contributed by atoms with Crippen LogP contribution in [0.5, 0.6) is 0 Å². The molecule has 2 aromatic rings. The van der Waals surface area contributed by atoms with Crippen molar-refractivity contribution in [3.8, 4) is 0 Å². The molecule has 1 aromatic heterocycles. The van der Waals surface area contributed by atoms with Crippen molar-refractivity contribution in [1.29, 1.82) is 0 Å². The van der Waals surface area contributed by atoms with Crippen molar-refractivity contribution in [1.82, 2.24) is 15.3 Å². The largest absolute Gasteiger partial charge is 0.466 e. The number of fused-ring (bicyclic) bond motifs is 1. The van der Waals surface area contributed by atoms with Crippen molar-refractivity contribution in [2.45, 2.75) is 13.3 Å². The molecule has 0 unspecified atom stereocenters. The van der Waals surface area contributed by atoms with Crippen molar-refractivity contribution < 1.29 is 14.3 Å². The van der Waals surface area contributed by atoms with Crippen LogP contribution in [0.15, 0.2) is 30.5 Å². The summed E-state index contributed by atoms with van der Waals surface area (Å²) in [6.07, 6.45) is 1.56. The molecule has 0 aliphatic carbocycles. The van der Waals surface area contributed by atoms with Gasteiger partial charge in [-0.3, -0.25) is 14.6 Å². The fourth-order valence-electron chi connectivity index (χ4n) is 1.67. The number of carbonyl (C=O) groups excluding carboxylic acids is 2. The van der Waals surface area contributed by atoms with Gasteiger partial charge in [-0.2, -0.15) is 0 Å². The number of benzene rings is 1. The van der Waals surface area contributed by atoms with Crippen LogP contribution < -0.4 is 5.32 Å². The zero-order chi connectivity index (χ0) is 14.4. The Morgan fingerprint density at radius 3 is 2.75 bits per heavy atom. The maximum atomic E-state index is 11.9. The Morgan fingerprint density at radius 2 is 2.00 bits per heavy atom. The van der Waals surface area contributed by atoms with Crippen molar-refractivity contribution in [2.24, 2.45) is 0 Å². The zero-order valence-electron chi connectivity index (χ0n) is 11.1. The lowest BCUT2D eigenvalue weighted by Crippen LogP contribution is -2.27. The van der Waals surface area contributed by atoms with Gasteiger partial charge in [-0.05, 0) is 19.1 Å². The minimum Gasteiger partial charge on any atom is -0.466 e. The lowest BCUT2D eigenvalue weighted by molar-refractivity contribution is -0.142. The minimum absolute atomic E-state index is 0.139. The molecule has 1 aromatic carbocycles. The van der Waals surface area contributed by atoms with E-state index in [0.717, 1.165) is 5.52 Å². The van der Waals surface area contributed by atoms with Crippen LogP contribution in [0.2, 0.25) is 0 Å². The summed E-state index contributed by atoms with van der Waals surface area (Å²) in [7, 11) is 0. The summed E-state index contributed by atoms with van der Waals surface area (Å²) in [5.74, 6) is -0.690. The Bertz CT molecular complexity index is 628. The van der Waals surface area contributed by atoms with Gasteiger partial charge < -0.3 is 10.1 Å². The highest BCUT2D eigenvalue weighted by Gasteiger charge is 2.09. The van der Waals surface area contributed by atoms with Crippen molar-refractivity contribution >= 4 is 22.9 Å². The van der Waals surface area contributed by atoms with Crippen LogP contribution in [0, 0.1) is 0 Å².